The Kier molecular flexibility index (Phi) is 7.22. The summed E-state index contributed by atoms with van der Waals surface area (Å²) in [4.78, 5) is 29.3. The van der Waals surface area contributed by atoms with E-state index in [1.165, 1.54) is 18.2 Å². The number of nitrogens with zero attached hydrogens (tertiary/aromatic N) is 1. The highest BCUT2D eigenvalue weighted by Gasteiger charge is 2.30. The van der Waals surface area contributed by atoms with Crippen molar-refractivity contribution in [2.45, 2.75) is 44.0 Å². The molecule has 1 aliphatic carbocycles. The maximum absolute atomic E-state index is 13.1. The number of hydrogen-bond acceptors (Lipinski definition) is 5. The van der Waals surface area contributed by atoms with Crippen molar-refractivity contribution < 1.29 is 19.1 Å². The molecular weight excluding hydrogens is 448 g/mol. The van der Waals surface area contributed by atoms with E-state index in [1.54, 1.807) is 26.2 Å². The average Bonchev–Trinajstić information content (AvgIpc) is 2.84. The number of fused-ring (bicyclic) bond motifs is 1. The zero-order valence-electron chi connectivity index (χ0n) is 20.4. The summed E-state index contributed by atoms with van der Waals surface area (Å²) in [6, 6.07) is 11.3. The molecule has 6 nitrogen and oxygen atoms in total. The van der Waals surface area contributed by atoms with E-state index in [-0.39, 0.29) is 17.9 Å². The Labute approximate surface area is 205 Å². The lowest BCUT2D eigenvalue weighted by Gasteiger charge is -2.34. The standard InChI is InChI=1S/C27H32N2O4S/c1-16-7-6-8-20(17(16)2)28-26(30)19-10-12-24-21(15-19)29(3)27(31)25(34-24)14-18-9-11-22(32-4)23(13-18)33-5/h9-17,20H,6-8H2,1-5H3,(H,28,30). The molecule has 0 radical (unpaired) electrons. The summed E-state index contributed by atoms with van der Waals surface area (Å²) in [6.45, 7) is 4.48. The van der Waals surface area contributed by atoms with Crippen molar-refractivity contribution in [1.82, 2.24) is 5.32 Å². The second-order valence-electron chi connectivity index (χ2n) is 9.12. The molecule has 0 bridgehead atoms. The number of anilines is 1. The van der Waals surface area contributed by atoms with Crippen LogP contribution < -0.4 is 19.7 Å². The Morgan fingerprint density at radius 3 is 2.59 bits per heavy atom. The molecule has 2 aromatic rings. The minimum absolute atomic E-state index is 0.0775. The van der Waals surface area contributed by atoms with Crippen LogP contribution in [-0.2, 0) is 4.79 Å². The zero-order chi connectivity index (χ0) is 24.4. The molecule has 1 aliphatic heterocycles. The third-order valence-electron chi connectivity index (χ3n) is 7.05. The van der Waals surface area contributed by atoms with Crippen LogP contribution in [0.1, 0.15) is 49.0 Å². The van der Waals surface area contributed by atoms with E-state index in [2.05, 4.69) is 19.2 Å². The van der Waals surface area contributed by atoms with Gasteiger partial charge in [-0.25, -0.2) is 0 Å². The van der Waals surface area contributed by atoms with Gasteiger partial charge in [0, 0.05) is 23.5 Å². The maximum Gasteiger partial charge on any atom is 0.264 e. The van der Waals surface area contributed by atoms with Crippen LogP contribution >= 0.6 is 11.8 Å². The number of thioether (sulfide) groups is 1. The number of carbonyl (C=O) groups excluding carboxylic acids is 2. The summed E-state index contributed by atoms with van der Waals surface area (Å²) in [5.74, 6) is 2.12. The van der Waals surface area contributed by atoms with E-state index in [1.807, 2.05) is 42.5 Å². The van der Waals surface area contributed by atoms with E-state index >= 15 is 0 Å². The number of ether oxygens (including phenoxy) is 2. The quantitative estimate of drug-likeness (QED) is 0.583. The van der Waals surface area contributed by atoms with Crippen molar-refractivity contribution in [2.75, 3.05) is 26.2 Å². The van der Waals surface area contributed by atoms with Crippen LogP contribution in [0.25, 0.3) is 6.08 Å². The molecular formula is C27H32N2O4S. The Balaban J connectivity index is 1.55. The lowest BCUT2D eigenvalue weighted by molar-refractivity contribution is -0.114. The fourth-order valence-corrected chi connectivity index (χ4v) is 5.76. The van der Waals surface area contributed by atoms with Crippen molar-refractivity contribution in [1.29, 1.82) is 0 Å². The first-order valence-electron chi connectivity index (χ1n) is 11.7. The molecule has 7 heteroatoms. The summed E-state index contributed by atoms with van der Waals surface area (Å²) in [6.07, 6.45) is 5.22. The van der Waals surface area contributed by atoms with Gasteiger partial charge in [0.15, 0.2) is 11.5 Å². The number of hydrogen-bond donors (Lipinski definition) is 1. The largest absolute Gasteiger partial charge is 0.493 e. The van der Waals surface area contributed by atoms with Gasteiger partial charge in [-0.15, -0.1) is 0 Å². The minimum Gasteiger partial charge on any atom is -0.493 e. The number of carbonyl (C=O) groups is 2. The van der Waals surface area contributed by atoms with Gasteiger partial charge < -0.3 is 19.7 Å². The van der Waals surface area contributed by atoms with Crippen molar-refractivity contribution in [2.24, 2.45) is 11.8 Å². The SMILES string of the molecule is COc1ccc(C=C2Sc3ccc(C(=O)NC4CCCC(C)C4C)cc3N(C)C2=O)cc1OC. The van der Waals surface area contributed by atoms with E-state index in [0.29, 0.717) is 33.8 Å². The molecule has 0 saturated heterocycles. The number of methoxy groups -OCH3 is 2. The van der Waals surface area contributed by atoms with Gasteiger partial charge in [0.05, 0.1) is 24.8 Å². The molecule has 1 fully saturated rings. The smallest absolute Gasteiger partial charge is 0.264 e. The Morgan fingerprint density at radius 1 is 1.09 bits per heavy atom. The highest BCUT2D eigenvalue weighted by Crippen LogP contribution is 2.42. The molecule has 2 amide bonds. The van der Waals surface area contributed by atoms with Crippen molar-refractivity contribution in [3.05, 3.63) is 52.4 Å². The van der Waals surface area contributed by atoms with Gasteiger partial charge >= 0.3 is 0 Å². The fraction of sp³-hybridized carbons (Fsp3) is 0.407. The van der Waals surface area contributed by atoms with E-state index in [9.17, 15) is 9.59 Å². The van der Waals surface area contributed by atoms with E-state index in [4.69, 9.17) is 9.47 Å². The van der Waals surface area contributed by atoms with Crippen LogP contribution in [0.3, 0.4) is 0 Å². The number of benzene rings is 2. The van der Waals surface area contributed by atoms with Crippen molar-refractivity contribution in [3.63, 3.8) is 0 Å². The highest BCUT2D eigenvalue weighted by molar-refractivity contribution is 8.04. The lowest BCUT2D eigenvalue weighted by atomic mass is 9.78. The van der Waals surface area contributed by atoms with Gasteiger partial charge in [0.25, 0.3) is 11.8 Å². The topological polar surface area (TPSA) is 67.9 Å². The third-order valence-corrected chi connectivity index (χ3v) is 8.12. The second-order valence-corrected chi connectivity index (χ2v) is 10.2. The maximum atomic E-state index is 13.1. The predicted molar refractivity (Wildman–Crippen MR) is 137 cm³/mol. The van der Waals surface area contributed by atoms with Gasteiger partial charge in [0.1, 0.15) is 0 Å². The molecule has 0 aromatic heterocycles. The first-order chi connectivity index (χ1) is 16.3. The van der Waals surface area contributed by atoms with Crippen LogP contribution in [0.5, 0.6) is 11.5 Å². The van der Waals surface area contributed by atoms with Gasteiger partial charge in [-0.05, 0) is 60.2 Å². The Hall–Kier alpha value is -2.93. The van der Waals surface area contributed by atoms with Crippen LogP contribution in [0.4, 0.5) is 5.69 Å². The number of rotatable bonds is 5. The van der Waals surface area contributed by atoms with Crippen molar-refractivity contribution >= 4 is 35.3 Å². The van der Waals surface area contributed by atoms with Crippen LogP contribution in [0.2, 0.25) is 0 Å². The van der Waals surface area contributed by atoms with Crippen LogP contribution in [0, 0.1) is 11.8 Å². The van der Waals surface area contributed by atoms with Gasteiger partial charge in [-0.2, -0.15) is 0 Å². The highest BCUT2D eigenvalue weighted by atomic mass is 32.2. The third kappa shape index (κ3) is 4.80. The summed E-state index contributed by atoms with van der Waals surface area (Å²) in [7, 11) is 4.92. The predicted octanol–water partition coefficient (Wildman–Crippen LogP) is 5.37. The molecule has 3 atom stereocenters. The van der Waals surface area contributed by atoms with Crippen molar-refractivity contribution in [3.8, 4) is 11.5 Å². The number of likely N-dealkylation sites (N-methyl/N-ethyl adjacent to an activating group) is 1. The molecule has 1 N–H and O–H groups in total. The van der Waals surface area contributed by atoms with Gasteiger partial charge in [0.2, 0.25) is 0 Å². The molecule has 2 aromatic carbocycles. The summed E-state index contributed by atoms with van der Waals surface area (Å²) < 4.78 is 10.7. The summed E-state index contributed by atoms with van der Waals surface area (Å²) >= 11 is 1.41. The first-order valence-corrected chi connectivity index (χ1v) is 12.5. The first kappa shape index (κ1) is 24.2. The molecule has 0 spiro atoms. The fourth-order valence-electron chi connectivity index (χ4n) is 4.67. The second kappa shape index (κ2) is 10.1. The Bertz CT molecular complexity index is 1130. The molecule has 4 rings (SSSR count). The normalized spacial score (nSPS) is 23.4. The van der Waals surface area contributed by atoms with Crippen LogP contribution in [0.15, 0.2) is 46.2 Å². The zero-order valence-corrected chi connectivity index (χ0v) is 21.2. The van der Waals surface area contributed by atoms with E-state index in [0.717, 1.165) is 29.0 Å². The Morgan fingerprint density at radius 2 is 1.85 bits per heavy atom. The molecule has 180 valence electrons. The summed E-state index contributed by atoms with van der Waals surface area (Å²) in [5, 5.41) is 3.23. The molecule has 1 saturated carbocycles. The molecule has 3 unspecified atom stereocenters. The number of nitrogens with one attached hydrogen (secondary N) is 1. The molecule has 1 heterocycles. The van der Waals surface area contributed by atoms with Crippen LogP contribution in [-0.4, -0.2) is 39.1 Å². The van der Waals surface area contributed by atoms with Gasteiger partial charge in [-0.3, -0.25) is 9.59 Å². The molecule has 34 heavy (non-hydrogen) atoms. The summed E-state index contributed by atoms with van der Waals surface area (Å²) in [5.41, 5.74) is 2.17. The lowest BCUT2D eigenvalue weighted by Crippen LogP contribution is -2.43. The van der Waals surface area contributed by atoms with E-state index < -0.39 is 0 Å². The monoisotopic (exact) mass is 480 g/mol. The number of amides is 2. The average molecular weight is 481 g/mol. The molecule has 2 aliphatic rings. The van der Waals surface area contributed by atoms with Gasteiger partial charge in [-0.1, -0.05) is 44.5 Å². The minimum atomic E-state index is -0.112.